The zero-order chi connectivity index (χ0) is 17.9. The summed E-state index contributed by atoms with van der Waals surface area (Å²) < 4.78 is 0. The van der Waals surface area contributed by atoms with Crippen LogP contribution in [0, 0.1) is 0 Å². The number of piperazine rings is 1. The summed E-state index contributed by atoms with van der Waals surface area (Å²) in [5.74, 6) is 0.142. The van der Waals surface area contributed by atoms with Gasteiger partial charge in [-0.3, -0.25) is 9.69 Å². The molecule has 1 heterocycles. The van der Waals surface area contributed by atoms with Crippen molar-refractivity contribution in [1.82, 2.24) is 9.80 Å². The Hall–Kier alpha value is -2.65. The number of hydrogen-bond donors (Lipinski definition) is 0. The summed E-state index contributed by atoms with van der Waals surface area (Å²) in [6.07, 6.45) is 0. The molecular weight excluding hydrogens is 320 g/mol. The smallest absolute Gasteiger partial charge is 0.253 e. The van der Waals surface area contributed by atoms with Gasteiger partial charge in [-0.15, -0.1) is 0 Å². The third-order valence-corrected chi connectivity index (χ3v) is 5.43. The van der Waals surface area contributed by atoms with Crippen molar-refractivity contribution in [2.45, 2.75) is 13.0 Å². The van der Waals surface area contributed by atoms with E-state index in [1.54, 1.807) is 0 Å². The van der Waals surface area contributed by atoms with Gasteiger partial charge in [0.25, 0.3) is 5.91 Å². The van der Waals surface area contributed by atoms with Crippen LogP contribution in [0.1, 0.15) is 28.9 Å². The van der Waals surface area contributed by atoms with Crippen molar-refractivity contribution in [3.8, 4) is 0 Å². The fraction of sp³-hybridized carbons (Fsp3) is 0.261. The first kappa shape index (κ1) is 16.8. The second-order valence-corrected chi connectivity index (χ2v) is 6.98. The van der Waals surface area contributed by atoms with Gasteiger partial charge in [0, 0.05) is 37.8 Å². The summed E-state index contributed by atoms with van der Waals surface area (Å²) in [5.41, 5.74) is 2.12. The minimum absolute atomic E-state index is 0.142. The molecule has 1 fully saturated rings. The van der Waals surface area contributed by atoms with Gasteiger partial charge in [-0.25, -0.2) is 0 Å². The largest absolute Gasteiger partial charge is 0.336 e. The zero-order valence-corrected chi connectivity index (χ0v) is 15.1. The van der Waals surface area contributed by atoms with Crippen molar-refractivity contribution in [2.75, 3.05) is 26.2 Å². The first-order valence-corrected chi connectivity index (χ1v) is 9.29. The van der Waals surface area contributed by atoms with Crippen LogP contribution in [0.2, 0.25) is 0 Å². The van der Waals surface area contributed by atoms with Crippen molar-refractivity contribution in [3.63, 3.8) is 0 Å². The van der Waals surface area contributed by atoms with Crippen LogP contribution in [0.5, 0.6) is 0 Å². The van der Waals surface area contributed by atoms with E-state index in [0.29, 0.717) is 6.04 Å². The molecule has 132 valence electrons. The van der Waals surface area contributed by atoms with Crippen molar-refractivity contribution >= 4 is 16.7 Å². The normalized spacial score (nSPS) is 16.6. The molecule has 3 heteroatoms. The highest BCUT2D eigenvalue weighted by Crippen LogP contribution is 2.25. The highest BCUT2D eigenvalue weighted by atomic mass is 16.2. The standard InChI is InChI=1S/C23H24N2O/c1-18(21-12-11-19-7-5-6-10-22(19)17-21)24-13-15-25(16-14-24)23(26)20-8-3-2-4-9-20/h2-12,17-18H,13-16H2,1H3. The van der Waals surface area contributed by atoms with Crippen LogP contribution in [0.15, 0.2) is 72.8 Å². The van der Waals surface area contributed by atoms with Gasteiger partial charge in [0.1, 0.15) is 0 Å². The van der Waals surface area contributed by atoms with Gasteiger partial charge in [0.15, 0.2) is 0 Å². The third kappa shape index (κ3) is 3.35. The number of rotatable bonds is 3. The minimum atomic E-state index is 0.142. The van der Waals surface area contributed by atoms with Crippen LogP contribution in [0.4, 0.5) is 0 Å². The molecule has 0 aliphatic carbocycles. The molecule has 1 unspecified atom stereocenters. The molecule has 0 radical (unpaired) electrons. The van der Waals surface area contributed by atoms with Crippen molar-refractivity contribution in [1.29, 1.82) is 0 Å². The minimum Gasteiger partial charge on any atom is -0.336 e. The van der Waals surface area contributed by atoms with Gasteiger partial charge in [-0.2, -0.15) is 0 Å². The highest BCUT2D eigenvalue weighted by Gasteiger charge is 2.25. The van der Waals surface area contributed by atoms with E-state index in [9.17, 15) is 4.79 Å². The predicted octanol–water partition coefficient (Wildman–Crippen LogP) is 4.36. The summed E-state index contributed by atoms with van der Waals surface area (Å²) in [6.45, 7) is 5.65. The van der Waals surface area contributed by atoms with Gasteiger partial charge in [0.2, 0.25) is 0 Å². The lowest BCUT2D eigenvalue weighted by molar-refractivity contribution is 0.0582. The third-order valence-electron chi connectivity index (χ3n) is 5.43. The fourth-order valence-electron chi connectivity index (χ4n) is 3.75. The monoisotopic (exact) mass is 344 g/mol. The first-order chi connectivity index (χ1) is 12.7. The van der Waals surface area contributed by atoms with Crippen LogP contribution in [-0.4, -0.2) is 41.9 Å². The van der Waals surface area contributed by atoms with E-state index < -0.39 is 0 Å². The molecule has 3 aromatic carbocycles. The van der Waals surface area contributed by atoms with E-state index in [1.165, 1.54) is 16.3 Å². The molecule has 0 spiro atoms. The van der Waals surface area contributed by atoms with Crippen molar-refractivity contribution in [2.24, 2.45) is 0 Å². The molecule has 1 aliphatic heterocycles. The average molecular weight is 344 g/mol. The molecule has 3 nitrogen and oxygen atoms in total. The lowest BCUT2D eigenvalue weighted by atomic mass is 10.0. The molecule has 26 heavy (non-hydrogen) atoms. The number of carbonyl (C=O) groups excluding carboxylic acids is 1. The molecule has 4 rings (SSSR count). The van der Waals surface area contributed by atoms with E-state index in [-0.39, 0.29) is 5.91 Å². The molecule has 0 bridgehead atoms. The van der Waals surface area contributed by atoms with Crippen LogP contribution >= 0.6 is 0 Å². The number of benzene rings is 3. The second kappa shape index (κ2) is 7.30. The Morgan fingerprint density at radius 3 is 2.19 bits per heavy atom. The van der Waals surface area contributed by atoms with Crippen LogP contribution < -0.4 is 0 Å². The Morgan fingerprint density at radius 2 is 1.46 bits per heavy atom. The van der Waals surface area contributed by atoms with Gasteiger partial charge in [0.05, 0.1) is 0 Å². The molecule has 0 saturated carbocycles. The first-order valence-electron chi connectivity index (χ1n) is 9.29. The SMILES string of the molecule is CC(c1ccc2ccccc2c1)N1CCN(C(=O)c2ccccc2)CC1. The van der Waals surface area contributed by atoms with Gasteiger partial charge < -0.3 is 4.90 Å². The molecule has 0 aromatic heterocycles. The van der Waals surface area contributed by atoms with Crippen molar-refractivity contribution in [3.05, 3.63) is 83.9 Å². The summed E-state index contributed by atoms with van der Waals surface area (Å²) in [6, 6.07) is 25.1. The summed E-state index contributed by atoms with van der Waals surface area (Å²) in [5, 5.41) is 2.57. The topological polar surface area (TPSA) is 23.6 Å². The fourth-order valence-corrected chi connectivity index (χ4v) is 3.75. The Balaban J connectivity index is 1.43. The van der Waals surface area contributed by atoms with Gasteiger partial charge >= 0.3 is 0 Å². The maximum atomic E-state index is 12.6. The predicted molar refractivity (Wildman–Crippen MR) is 106 cm³/mol. The quantitative estimate of drug-likeness (QED) is 0.705. The van der Waals surface area contributed by atoms with Crippen LogP contribution in [-0.2, 0) is 0 Å². The number of amides is 1. The second-order valence-electron chi connectivity index (χ2n) is 6.98. The Bertz CT molecular complexity index is 898. The Labute approximate surface area is 154 Å². The maximum Gasteiger partial charge on any atom is 0.253 e. The molecule has 0 N–H and O–H groups in total. The summed E-state index contributed by atoms with van der Waals surface area (Å²) >= 11 is 0. The van der Waals surface area contributed by atoms with Crippen molar-refractivity contribution < 1.29 is 4.79 Å². The van der Waals surface area contributed by atoms with E-state index >= 15 is 0 Å². The maximum absolute atomic E-state index is 12.6. The molecule has 1 amide bonds. The van der Waals surface area contributed by atoms with E-state index in [1.807, 2.05) is 35.2 Å². The van der Waals surface area contributed by atoms with Crippen LogP contribution in [0.3, 0.4) is 0 Å². The molecular formula is C23H24N2O. The van der Waals surface area contributed by atoms with E-state index in [2.05, 4.69) is 54.3 Å². The molecule has 3 aromatic rings. The van der Waals surface area contributed by atoms with Gasteiger partial charge in [-0.05, 0) is 41.5 Å². The average Bonchev–Trinajstić information content (AvgIpc) is 2.73. The Kier molecular flexibility index (Phi) is 4.72. The van der Waals surface area contributed by atoms with E-state index in [4.69, 9.17) is 0 Å². The lowest BCUT2D eigenvalue weighted by Crippen LogP contribution is -2.49. The van der Waals surface area contributed by atoms with Crippen LogP contribution in [0.25, 0.3) is 10.8 Å². The number of hydrogen-bond acceptors (Lipinski definition) is 2. The Morgan fingerprint density at radius 1 is 0.808 bits per heavy atom. The highest BCUT2D eigenvalue weighted by molar-refractivity contribution is 5.94. The summed E-state index contributed by atoms with van der Waals surface area (Å²) in [7, 11) is 0. The number of nitrogens with zero attached hydrogens (tertiary/aromatic N) is 2. The van der Waals surface area contributed by atoms with E-state index in [0.717, 1.165) is 31.7 Å². The summed E-state index contributed by atoms with van der Waals surface area (Å²) in [4.78, 5) is 17.0. The molecule has 1 saturated heterocycles. The number of fused-ring (bicyclic) bond motifs is 1. The molecule has 1 atom stereocenters. The molecule has 1 aliphatic rings. The zero-order valence-electron chi connectivity index (χ0n) is 15.1. The number of carbonyl (C=O) groups is 1. The lowest BCUT2D eigenvalue weighted by Gasteiger charge is -2.38. The van der Waals surface area contributed by atoms with Gasteiger partial charge in [-0.1, -0.05) is 54.6 Å².